The molecule has 21 heavy (non-hydrogen) atoms. The van der Waals surface area contributed by atoms with Crippen molar-refractivity contribution in [1.82, 2.24) is 4.98 Å². The first-order valence-electron chi connectivity index (χ1n) is 5.44. The molecule has 0 radical (unpaired) electrons. The van der Waals surface area contributed by atoms with Gasteiger partial charge in [0.05, 0.1) is 10.6 Å². The number of benzene rings is 1. The van der Waals surface area contributed by atoms with E-state index in [1.165, 1.54) is 18.3 Å². The molecule has 0 saturated heterocycles. The van der Waals surface area contributed by atoms with Crippen LogP contribution in [0.5, 0.6) is 0 Å². The summed E-state index contributed by atoms with van der Waals surface area (Å²) < 4.78 is 60.3. The van der Waals surface area contributed by atoms with Crippen LogP contribution in [-0.4, -0.2) is 13.4 Å². The minimum atomic E-state index is -4.56. The van der Waals surface area contributed by atoms with Gasteiger partial charge >= 0.3 is 6.18 Å². The molecule has 0 fully saturated rings. The van der Waals surface area contributed by atoms with Crippen molar-refractivity contribution < 1.29 is 21.6 Å². The highest BCUT2D eigenvalue weighted by Crippen LogP contribution is 2.36. The van der Waals surface area contributed by atoms with E-state index in [9.17, 15) is 21.6 Å². The summed E-state index contributed by atoms with van der Waals surface area (Å²) in [5.41, 5.74) is -0.383. The summed E-state index contributed by atoms with van der Waals surface area (Å²) in [5.74, 6) is 0. The van der Waals surface area contributed by atoms with E-state index in [4.69, 9.17) is 16.7 Å². The fraction of sp³-hybridized carbons (Fsp3) is 0.0833. The number of primary sulfonamides is 1. The van der Waals surface area contributed by atoms with E-state index in [2.05, 4.69) is 4.98 Å². The smallest absolute Gasteiger partial charge is 0.263 e. The topological polar surface area (TPSA) is 73.1 Å². The van der Waals surface area contributed by atoms with Crippen molar-refractivity contribution in [1.29, 1.82) is 0 Å². The Bertz CT molecular complexity index is 791. The molecule has 0 aliphatic rings. The number of pyridine rings is 1. The highest BCUT2D eigenvalue weighted by atomic mass is 35.5. The monoisotopic (exact) mass is 336 g/mol. The zero-order chi connectivity index (χ0) is 15.8. The highest BCUT2D eigenvalue weighted by molar-refractivity contribution is 7.89. The Morgan fingerprint density at radius 3 is 2.29 bits per heavy atom. The first-order valence-corrected chi connectivity index (χ1v) is 7.36. The average Bonchev–Trinajstić information content (AvgIpc) is 2.36. The van der Waals surface area contributed by atoms with Crippen LogP contribution >= 0.6 is 11.6 Å². The summed E-state index contributed by atoms with van der Waals surface area (Å²) in [5, 5.41) is 4.49. The largest absolute Gasteiger partial charge is 0.417 e. The molecule has 1 heterocycles. The fourth-order valence-electron chi connectivity index (χ4n) is 1.66. The maximum atomic E-state index is 12.6. The number of nitrogens with two attached hydrogens (primary N) is 1. The van der Waals surface area contributed by atoms with Gasteiger partial charge in [-0.1, -0.05) is 17.7 Å². The van der Waals surface area contributed by atoms with Gasteiger partial charge in [-0.25, -0.2) is 13.6 Å². The predicted octanol–water partition coefficient (Wildman–Crippen LogP) is 3.07. The quantitative estimate of drug-likeness (QED) is 0.916. The molecule has 2 N–H and O–H groups in total. The van der Waals surface area contributed by atoms with Crippen LogP contribution in [0.1, 0.15) is 5.56 Å². The Morgan fingerprint density at radius 2 is 1.76 bits per heavy atom. The molecule has 0 spiro atoms. The molecule has 0 saturated carbocycles. The van der Waals surface area contributed by atoms with E-state index < -0.39 is 26.8 Å². The first kappa shape index (κ1) is 15.7. The van der Waals surface area contributed by atoms with Crippen LogP contribution in [0.3, 0.4) is 0 Å². The second-order valence-electron chi connectivity index (χ2n) is 4.15. The third-order valence-electron chi connectivity index (χ3n) is 2.65. The molecule has 1 aromatic heterocycles. The van der Waals surface area contributed by atoms with Gasteiger partial charge in [0, 0.05) is 18.0 Å². The Balaban J connectivity index is 2.52. The SMILES string of the molecule is NS(=O)(=O)c1cncc(-c2ccc(C(F)(F)F)c(Cl)c2)c1. The average molecular weight is 337 g/mol. The van der Waals surface area contributed by atoms with E-state index in [1.54, 1.807) is 0 Å². The lowest BCUT2D eigenvalue weighted by Gasteiger charge is -2.10. The zero-order valence-corrected chi connectivity index (χ0v) is 11.8. The number of rotatable bonds is 2. The number of aromatic nitrogens is 1. The van der Waals surface area contributed by atoms with Crippen molar-refractivity contribution in [3.8, 4) is 11.1 Å². The van der Waals surface area contributed by atoms with Gasteiger partial charge in [-0.2, -0.15) is 13.2 Å². The van der Waals surface area contributed by atoms with Gasteiger partial charge < -0.3 is 0 Å². The van der Waals surface area contributed by atoms with Crippen molar-refractivity contribution in [2.45, 2.75) is 11.1 Å². The number of halogens is 4. The predicted molar refractivity (Wildman–Crippen MR) is 71.1 cm³/mol. The molecule has 112 valence electrons. The van der Waals surface area contributed by atoms with Gasteiger partial charge in [0.1, 0.15) is 4.90 Å². The van der Waals surface area contributed by atoms with E-state index in [0.717, 1.165) is 18.3 Å². The second kappa shape index (κ2) is 5.28. The lowest BCUT2D eigenvalue weighted by atomic mass is 10.1. The molecule has 4 nitrogen and oxygen atoms in total. The number of hydrogen-bond donors (Lipinski definition) is 1. The Hall–Kier alpha value is -1.64. The van der Waals surface area contributed by atoms with Crippen molar-refractivity contribution in [3.05, 3.63) is 47.2 Å². The third-order valence-corrected chi connectivity index (χ3v) is 3.84. The van der Waals surface area contributed by atoms with E-state index in [1.807, 2.05) is 0 Å². The molecular weight excluding hydrogens is 329 g/mol. The summed E-state index contributed by atoms with van der Waals surface area (Å²) in [4.78, 5) is 3.46. The van der Waals surface area contributed by atoms with E-state index >= 15 is 0 Å². The Kier molecular flexibility index (Phi) is 3.96. The fourth-order valence-corrected chi connectivity index (χ4v) is 2.44. The second-order valence-corrected chi connectivity index (χ2v) is 6.12. The van der Waals surface area contributed by atoms with Crippen LogP contribution in [0.15, 0.2) is 41.6 Å². The van der Waals surface area contributed by atoms with Gasteiger partial charge in [-0.15, -0.1) is 0 Å². The van der Waals surface area contributed by atoms with Crippen LogP contribution in [0.25, 0.3) is 11.1 Å². The zero-order valence-electron chi connectivity index (χ0n) is 10.2. The summed E-state index contributed by atoms with van der Waals surface area (Å²) >= 11 is 5.61. The van der Waals surface area contributed by atoms with Crippen LogP contribution in [0.2, 0.25) is 5.02 Å². The number of sulfonamides is 1. The molecular formula is C12H8ClF3N2O2S. The van der Waals surface area contributed by atoms with Gasteiger partial charge in [0.15, 0.2) is 0 Å². The molecule has 0 atom stereocenters. The molecule has 0 aliphatic carbocycles. The first-order chi connectivity index (χ1) is 9.59. The Labute approximate surface area is 123 Å². The maximum absolute atomic E-state index is 12.6. The standard InChI is InChI=1S/C12H8ClF3N2O2S/c13-11-4-7(1-2-10(11)12(14,15)16)8-3-9(6-18-5-8)21(17,19)20/h1-6H,(H2,17,19,20). The van der Waals surface area contributed by atoms with Crippen LogP contribution < -0.4 is 5.14 Å². The third kappa shape index (κ3) is 3.52. The van der Waals surface area contributed by atoms with Crippen LogP contribution in [0, 0.1) is 0 Å². The van der Waals surface area contributed by atoms with Crippen molar-refractivity contribution >= 4 is 21.6 Å². The summed E-state index contributed by atoms with van der Waals surface area (Å²) in [6, 6.07) is 4.30. The molecule has 0 unspecified atom stereocenters. The number of alkyl halides is 3. The summed E-state index contributed by atoms with van der Waals surface area (Å²) in [7, 11) is -3.95. The van der Waals surface area contributed by atoms with Crippen molar-refractivity contribution in [3.63, 3.8) is 0 Å². The molecule has 0 amide bonds. The molecule has 2 rings (SSSR count). The lowest BCUT2D eigenvalue weighted by Crippen LogP contribution is -2.12. The lowest BCUT2D eigenvalue weighted by molar-refractivity contribution is -0.137. The molecule has 1 aromatic carbocycles. The van der Waals surface area contributed by atoms with E-state index in [-0.39, 0.29) is 10.5 Å². The minimum absolute atomic E-state index is 0.240. The molecule has 9 heteroatoms. The number of hydrogen-bond acceptors (Lipinski definition) is 3. The molecule has 2 aromatic rings. The summed E-state index contributed by atoms with van der Waals surface area (Å²) in [6.45, 7) is 0. The van der Waals surface area contributed by atoms with Gasteiger partial charge in [-0.3, -0.25) is 4.98 Å². The van der Waals surface area contributed by atoms with E-state index in [0.29, 0.717) is 5.56 Å². The molecule has 0 bridgehead atoms. The van der Waals surface area contributed by atoms with Crippen LogP contribution in [0.4, 0.5) is 13.2 Å². The van der Waals surface area contributed by atoms with Gasteiger partial charge in [-0.05, 0) is 23.8 Å². The highest BCUT2D eigenvalue weighted by Gasteiger charge is 2.33. The summed E-state index contributed by atoms with van der Waals surface area (Å²) in [6.07, 6.45) is -2.21. The Morgan fingerprint density at radius 1 is 1.10 bits per heavy atom. The van der Waals surface area contributed by atoms with Crippen LogP contribution in [-0.2, 0) is 16.2 Å². The minimum Gasteiger partial charge on any atom is -0.263 e. The van der Waals surface area contributed by atoms with Crippen molar-refractivity contribution in [2.75, 3.05) is 0 Å². The van der Waals surface area contributed by atoms with Crippen molar-refractivity contribution in [2.24, 2.45) is 5.14 Å². The maximum Gasteiger partial charge on any atom is 0.417 e. The normalized spacial score (nSPS) is 12.4. The van der Waals surface area contributed by atoms with Gasteiger partial charge in [0.25, 0.3) is 0 Å². The molecule has 0 aliphatic heterocycles. The number of nitrogens with zero attached hydrogens (tertiary/aromatic N) is 1. The van der Waals surface area contributed by atoms with Gasteiger partial charge in [0.2, 0.25) is 10.0 Å².